The fraction of sp³-hybridized carbons (Fsp3) is 0.500. The molecule has 3 aliphatic rings. The van der Waals surface area contributed by atoms with E-state index < -0.39 is 5.60 Å². The molecular formula is C26H32N2O3. The summed E-state index contributed by atoms with van der Waals surface area (Å²) in [5.41, 5.74) is 0.556. The fourth-order valence-electron chi connectivity index (χ4n) is 5.84. The third kappa shape index (κ3) is 3.85. The number of fused-ring (bicyclic) bond motifs is 1. The molecule has 2 N–H and O–H groups in total. The number of nitrogens with one attached hydrogen (secondary N) is 1. The molecule has 5 nitrogen and oxygen atoms in total. The molecule has 164 valence electrons. The van der Waals surface area contributed by atoms with Crippen LogP contribution >= 0.6 is 0 Å². The Balaban J connectivity index is 1.22. The Labute approximate surface area is 184 Å². The van der Waals surface area contributed by atoms with E-state index in [2.05, 4.69) is 22.3 Å². The predicted octanol–water partition coefficient (Wildman–Crippen LogP) is 3.32. The molecule has 0 radical (unpaired) electrons. The maximum Gasteiger partial charge on any atom is 0.257 e. The highest BCUT2D eigenvalue weighted by Gasteiger charge is 2.58. The lowest BCUT2D eigenvalue weighted by Gasteiger charge is -2.33. The Bertz CT molecular complexity index is 915. The number of methoxy groups -OCH3 is 1. The monoisotopic (exact) mass is 420 g/mol. The first-order valence-corrected chi connectivity index (χ1v) is 11.5. The zero-order chi connectivity index (χ0) is 21.4. The van der Waals surface area contributed by atoms with Crippen molar-refractivity contribution in [3.05, 3.63) is 65.7 Å². The molecule has 0 aromatic heterocycles. The number of benzene rings is 2. The Morgan fingerprint density at radius 1 is 1.10 bits per heavy atom. The molecule has 1 aliphatic heterocycles. The molecule has 2 aromatic rings. The minimum Gasteiger partial charge on any atom is -0.497 e. The van der Waals surface area contributed by atoms with Gasteiger partial charge in [-0.3, -0.25) is 9.69 Å². The largest absolute Gasteiger partial charge is 0.497 e. The summed E-state index contributed by atoms with van der Waals surface area (Å²) in [6.07, 6.45) is 3.98. The van der Waals surface area contributed by atoms with Gasteiger partial charge in [-0.2, -0.15) is 0 Å². The van der Waals surface area contributed by atoms with Gasteiger partial charge in [0.1, 0.15) is 5.75 Å². The van der Waals surface area contributed by atoms with Crippen LogP contribution in [0.3, 0.4) is 0 Å². The maximum atomic E-state index is 13.4. The van der Waals surface area contributed by atoms with E-state index >= 15 is 0 Å². The van der Waals surface area contributed by atoms with E-state index in [1.165, 1.54) is 5.56 Å². The molecule has 2 saturated carbocycles. The lowest BCUT2D eigenvalue weighted by molar-refractivity contribution is -0.147. The number of piperidine rings is 1. The first-order chi connectivity index (χ1) is 15.1. The van der Waals surface area contributed by atoms with Crippen molar-refractivity contribution in [3.63, 3.8) is 0 Å². The van der Waals surface area contributed by atoms with Gasteiger partial charge in [-0.05, 0) is 47.9 Å². The van der Waals surface area contributed by atoms with E-state index in [4.69, 9.17) is 4.74 Å². The van der Waals surface area contributed by atoms with E-state index in [0.717, 1.165) is 56.6 Å². The third-order valence-electron chi connectivity index (χ3n) is 7.61. The molecule has 4 atom stereocenters. The zero-order valence-corrected chi connectivity index (χ0v) is 18.2. The number of hydrogen-bond donors (Lipinski definition) is 2. The summed E-state index contributed by atoms with van der Waals surface area (Å²) in [6, 6.07) is 17.9. The van der Waals surface area contributed by atoms with Crippen LogP contribution in [0.5, 0.6) is 5.75 Å². The van der Waals surface area contributed by atoms with Gasteiger partial charge in [-0.15, -0.1) is 0 Å². The van der Waals surface area contributed by atoms with Crippen LogP contribution in [-0.2, 0) is 16.9 Å². The number of amides is 1. The van der Waals surface area contributed by atoms with E-state index in [1.807, 2.05) is 42.5 Å². The standard InChI is InChI=1S/C26H32N2O3/c1-31-21-13-7-8-18(14-21)15-28-16-22-23(17-28)24(22)27-25(29)26(30,20-11-5-6-12-20)19-9-3-2-4-10-19/h2-4,7-10,13-14,20,22-24,30H,5-6,11-12,15-17H2,1H3,(H,27,29)/t22-,23?,24?,26?/m0/s1. The molecule has 0 bridgehead atoms. The van der Waals surface area contributed by atoms with Crippen LogP contribution in [0.2, 0.25) is 0 Å². The molecule has 3 fully saturated rings. The quantitative estimate of drug-likeness (QED) is 0.721. The summed E-state index contributed by atoms with van der Waals surface area (Å²) in [6.45, 7) is 2.88. The Kier molecular flexibility index (Phi) is 5.49. The summed E-state index contributed by atoms with van der Waals surface area (Å²) >= 11 is 0. The zero-order valence-electron chi connectivity index (χ0n) is 18.2. The van der Waals surface area contributed by atoms with Crippen molar-refractivity contribution < 1.29 is 14.6 Å². The highest BCUT2D eigenvalue weighted by molar-refractivity contribution is 5.87. The van der Waals surface area contributed by atoms with Crippen LogP contribution in [0.1, 0.15) is 36.8 Å². The predicted molar refractivity (Wildman–Crippen MR) is 119 cm³/mol. The van der Waals surface area contributed by atoms with Gasteiger partial charge in [0.15, 0.2) is 5.60 Å². The van der Waals surface area contributed by atoms with Crippen molar-refractivity contribution in [1.82, 2.24) is 10.2 Å². The first kappa shape index (κ1) is 20.5. The van der Waals surface area contributed by atoms with Gasteiger partial charge in [0, 0.05) is 31.6 Å². The lowest BCUT2D eigenvalue weighted by Crippen LogP contribution is -2.50. The van der Waals surface area contributed by atoms with E-state index in [9.17, 15) is 9.90 Å². The van der Waals surface area contributed by atoms with Crippen LogP contribution in [0.25, 0.3) is 0 Å². The van der Waals surface area contributed by atoms with Gasteiger partial charge in [-0.1, -0.05) is 55.3 Å². The first-order valence-electron chi connectivity index (χ1n) is 11.5. The Morgan fingerprint density at radius 2 is 1.81 bits per heavy atom. The SMILES string of the molecule is COc1cccc(CN2CC3C(NC(=O)C(O)(c4ccccc4)C4CCCC4)[C@H]3C2)c1. The van der Waals surface area contributed by atoms with Crippen LogP contribution < -0.4 is 10.1 Å². The van der Waals surface area contributed by atoms with Gasteiger partial charge in [-0.25, -0.2) is 0 Å². The van der Waals surface area contributed by atoms with E-state index in [1.54, 1.807) is 7.11 Å². The smallest absolute Gasteiger partial charge is 0.257 e. The van der Waals surface area contributed by atoms with Crippen molar-refractivity contribution in [2.75, 3.05) is 20.2 Å². The molecule has 1 heterocycles. The summed E-state index contributed by atoms with van der Waals surface area (Å²) in [5.74, 6) is 1.65. The number of hydrogen-bond acceptors (Lipinski definition) is 4. The highest BCUT2D eigenvalue weighted by Crippen LogP contribution is 2.47. The molecule has 5 rings (SSSR count). The molecule has 2 aliphatic carbocycles. The second-order valence-electron chi connectivity index (χ2n) is 9.49. The number of carbonyl (C=O) groups excluding carboxylic acids is 1. The lowest BCUT2D eigenvalue weighted by atomic mass is 9.79. The summed E-state index contributed by atoms with van der Waals surface area (Å²) in [4.78, 5) is 15.8. The molecule has 1 saturated heterocycles. The van der Waals surface area contributed by atoms with Gasteiger partial charge in [0.25, 0.3) is 5.91 Å². The van der Waals surface area contributed by atoms with Gasteiger partial charge in [0.05, 0.1) is 7.11 Å². The van der Waals surface area contributed by atoms with Crippen LogP contribution in [0, 0.1) is 17.8 Å². The fourth-order valence-corrected chi connectivity index (χ4v) is 5.84. The third-order valence-corrected chi connectivity index (χ3v) is 7.61. The van der Waals surface area contributed by atoms with E-state index in [0.29, 0.717) is 11.8 Å². The second-order valence-corrected chi connectivity index (χ2v) is 9.49. The highest BCUT2D eigenvalue weighted by atomic mass is 16.5. The number of likely N-dealkylation sites (tertiary alicyclic amines) is 1. The summed E-state index contributed by atoms with van der Waals surface area (Å²) < 4.78 is 5.33. The Morgan fingerprint density at radius 3 is 2.48 bits per heavy atom. The number of carbonyl (C=O) groups is 1. The summed E-state index contributed by atoms with van der Waals surface area (Å²) in [7, 11) is 1.69. The maximum absolute atomic E-state index is 13.4. The average Bonchev–Trinajstić information content (AvgIpc) is 3.21. The van der Waals surface area contributed by atoms with Crippen LogP contribution in [0.15, 0.2) is 54.6 Å². The van der Waals surface area contributed by atoms with Gasteiger partial charge in [0.2, 0.25) is 0 Å². The minimum atomic E-state index is -1.42. The average molecular weight is 421 g/mol. The van der Waals surface area contributed by atoms with Gasteiger partial charge < -0.3 is 15.2 Å². The van der Waals surface area contributed by atoms with Crippen molar-refractivity contribution >= 4 is 5.91 Å². The molecule has 3 unspecified atom stereocenters. The molecule has 2 aromatic carbocycles. The topological polar surface area (TPSA) is 61.8 Å². The molecular weight excluding hydrogens is 388 g/mol. The number of ether oxygens (including phenoxy) is 1. The van der Waals surface area contributed by atoms with Crippen LogP contribution in [0.4, 0.5) is 0 Å². The Hall–Kier alpha value is -2.37. The van der Waals surface area contributed by atoms with Crippen molar-refractivity contribution in [1.29, 1.82) is 0 Å². The van der Waals surface area contributed by atoms with Gasteiger partial charge >= 0.3 is 0 Å². The normalized spacial score (nSPS) is 27.5. The summed E-state index contributed by atoms with van der Waals surface area (Å²) in [5, 5.41) is 14.9. The molecule has 1 amide bonds. The second kappa shape index (κ2) is 8.29. The van der Waals surface area contributed by atoms with Crippen LogP contribution in [-0.4, -0.2) is 42.2 Å². The van der Waals surface area contributed by atoms with Crippen molar-refractivity contribution in [2.24, 2.45) is 17.8 Å². The molecule has 31 heavy (non-hydrogen) atoms. The number of aliphatic hydroxyl groups is 1. The number of rotatable bonds is 7. The van der Waals surface area contributed by atoms with Crippen molar-refractivity contribution in [2.45, 2.75) is 43.9 Å². The molecule has 0 spiro atoms. The molecule has 5 heteroatoms. The number of nitrogens with zero attached hydrogens (tertiary/aromatic N) is 1. The van der Waals surface area contributed by atoms with E-state index in [-0.39, 0.29) is 17.9 Å². The minimum absolute atomic E-state index is 0.00181. The van der Waals surface area contributed by atoms with Crippen molar-refractivity contribution in [3.8, 4) is 5.75 Å².